The molecule has 11 heteroatoms. The average molecular weight is 749 g/mol. The second kappa shape index (κ2) is 16.1. The minimum atomic E-state index is -0.897. The number of hydrogen-bond acceptors (Lipinski definition) is 9. The lowest BCUT2D eigenvalue weighted by molar-refractivity contribution is -0.183. The first-order chi connectivity index (χ1) is 25.6. The van der Waals surface area contributed by atoms with Gasteiger partial charge in [-0.05, 0) is 99.6 Å². The van der Waals surface area contributed by atoms with E-state index >= 15 is 0 Å². The number of para-hydroxylation sites is 1. The molecular weight excluding hydrogens is 684 g/mol. The zero-order valence-electron chi connectivity index (χ0n) is 34.0. The van der Waals surface area contributed by atoms with Gasteiger partial charge in [0.2, 0.25) is 5.91 Å². The Morgan fingerprint density at radius 2 is 1.87 bits per heavy atom. The molecule has 1 saturated heterocycles. The van der Waals surface area contributed by atoms with Crippen molar-refractivity contribution < 1.29 is 34.1 Å². The van der Waals surface area contributed by atoms with Crippen LogP contribution in [0.3, 0.4) is 0 Å². The van der Waals surface area contributed by atoms with Gasteiger partial charge < -0.3 is 35.2 Å². The first kappa shape index (κ1) is 40.4. The number of aliphatic hydroxyl groups is 2. The predicted octanol–water partition coefficient (Wildman–Crippen LogP) is 5.05. The van der Waals surface area contributed by atoms with Crippen LogP contribution in [-0.4, -0.2) is 103 Å². The molecule has 0 radical (unpaired) electrons. The number of aliphatic hydroxyl groups excluding tert-OH is 2. The minimum absolute atomic E-state index is 0.0405. The summed E-state index contributed by atoms with van der Waals surface area (Å²) in [5, 5.41) is 29.6. The van der Waals surface area contributed by atoms with Gasteiger partial charge in [-0.1, -0.05) is 52.8 Å². The van der Waals surface area contributed by atoms with Crippen molar-refractivity contribution in [2.24, 2.45) is 35.0 Å². The molecule has 2 bridgehead atoms. The highest BCUT2D eigenvalue weighted by molar-refractivity contribution is 5.99. The number of amides is 2. The van der Waals surface area contributed by atoms with Crippen molar-refractivity contribution in [2.45, 2.75) is 117 Å². The Morgan fingerprint density at radius 1 is 1.13 bits per heavy atom. The lowest BCUT2D eigenvalue weighted by atomic mass is 9.45. The Morgan fingerprint density at radius 3 is 2.48 bits per heavy atom. The van der Waals surface area contributed by atoms with Gasteiger partial charge in [0.05, 0.1) is 38.5 Å². The Labute approximate surface area is 322 Å². The molecule has 10 atom stereocenters. The third-order valence-corrected chi connectivity index (χ3v) is 13.5. The van der Waals surface area contributed by atoms with Gasteiger partial charge in [-0.2, -0.15) is 5.06 Å². The van der Waals surface area contributed by atoms with Crippen molar-refractivity contribution in [3.05, 3.63) is 47.0 Å². The van der Waals surface area contributed by atoms with Crippen LogP contribution >= 0.6 is 0 Å². The molecule has 2 aliphatic heterocycles. The molecule has 2 aromatic rings. The van der Waals surface area contributed by atoms with Gasteiger partial charge in [0, 0.05) is 41.6 Å². The first-order valence-corrected chi connectivity index (χ1v) is 20.0. The van der Waals surface area contributed by atoms with Gasteiger partial charge in [-0.15, -0.1) is 0 Å². The van der Waals surface area contributed by atoms with Crippen molar-refractivity contribution in [2.75, 3.05) is 34.4 Å². The summed E-state index contributed by atoms with van der Waals surface area (Å²) in [7, 11) is 5.68. The van der Waals surface area contributed by atoms with Gasteiger partial charge in [0.1, 0.15) is 23.6 Å². The number of hydrogen-bond donors (Lipinski definition) is 4. The SMILES string of the molecule is COc1c(CN2O[C@@H](CO)[C@@H]([C@H](C)O)[C@H]2C(=O)N[C@@H]2C[C@@H]3C[C@H]([C@@H]2C)C3(C)C)cccc1-c1cc2c(c(C(=O)N[C@@H](CC(C)C)C(C)N(C)C)c1)OCC2. The van der Waals surface area contributed by atoms with Crippen molar-refractivity contribution >= 4 is 11.8 Å². The largest absolute Gasteiger partial charge is 0.496 e. The Kier molecular flexibility index (Phi) is 12.1. The summed E-state index contributed by atoms with van der Waals surface area (Å²) in [5.74, 6) is 2.08. The number of carbonyl (C=O) groups is 2. The molecule has 2 heterocycles. The van der Waals surface area contributed by atoms with Crippen LogP contribution in [0.15, 0.2) is 30.3 Å². The van der Waals surface area contributed by atoms with E-state index in [2.05, 4.69) is 63.1 Å². The standard InChI is InChI=1S/C43H64N4O7/c1-23(2)16-35(25(4)46(8)9)45-41(50)32-18-29(17-27-14-15-53-40(27)32)31-13-11-12-28(39(31)52-10)21-47-38(37(26(5)49)36(22-48)54-47)42(51)44-34-20-30-19-33(24(34)3)43(30,6)7/h11-13,17-18,23-26,30,33-38,48-49H,14-16,19-22H2,1-10H3,(H,44,51)(H,45,50)/t24-,25?,26-,30-,33+,34+,35-,36-,37+,38-/m0/s1. The van der Waals surface area contributed by atoms with Crippen molar-refractivity contribution in [1.29, 1.82) is 0 Å². The highest BCUT2D eigenvalue weighted by Crippen LogP contribution is 2.61. The molecule has 7 rings (SSSR count). The van der Waals surface area contributed by atoms with E-state index in [0.717, 1.165) is 35.1 Å². The number of nitrogens with zero attached hydrogens (tertiary/aromatic N) is 2. The number of benzene rings is 2. The molecule has 298 valence electrons. The molecule has 2 aromatic carbocycles. The molecule has 1 unspecified atom stereocenters. The van der Waals surface area contributed by atoms with Crippen molar-refractivity contribution in [1.82, 2.24) is 20.6 Å². The fourth-order valence-corrected chi connectivity index (χ4v) is 9.95. The van der Waals surface area contributed by atoms with Gasteiger partial charge >= 0.3 is 0 Å². The quantitative estimate of drug-likeness (QED) is 0.210. The Hall–Kier alpha value is -3.22. The summed E-state index contributed by atoms with van der Waals surface area (Å²) in [6, 6.07) is 9.09. The second-order valence-corrected chi connectivity index (χ2v) is 17.8. The van der Waals surface area contributed by atoms with Crippen LogP contribution in [0.4, 0.5) is 0 Å². The van der Waals surface area contributed by atoms with Gasteiger partial charge in [-0.3, -0.25) is 14.4 Å². The van der Waals surface area contributed by atoms with Crippen LogP contribution < -0.4 is 20.1 Å². The van der Waals surface area contributed by atoms with E-state index in [0.29, 0.717) is 53.8 Å². The summed E-state index contributed by atoms with van der Waals surface area (Å²) in [6.45, 7) is 15.4. The average Bonchev–Trinajstić information content (AvgIpc) is 3.75. The molecule has 4 fully saturated rings. The second-order valence-electron chi connectivity index (χ2n) is 17.8. The number of fused-ring (bicyclic) bond motifs is 3. The monoisotopic (exact) mass is 748 g/mol. The van der Waals surface area contributed by atoms with Crippen LogP contribution in [-0.2, 0) is 22.6 Å². The maximum Gasteiger partial charge on any atom is 0.255 e. The van der Waals surface area contributed by atoms with Gasteiger partial charge in [0.25, 0.3) is 5.91 Å². The molecule has 0 spiro atoms. The zero-order valence-corrected chi connectivity index (χ0v) is 34.0. The van der Waals surface area contributed by atoms with Crippen LogP contribution in [0.1, 0.15) is 89.2 Å². The van der Waals surface area contributed by atoms with E-state index < -0.39 is 24.2 Å². The lowest BCUT2D eigenvalue weighted by Crippen LogP contribution is -2.62. The Bertz CT molecular complexity index is 1680. The molecular formula is C43H64N4O7. The van der Waals surface area contributed by atoms with E-state index in [4.69, 9.17) is 14.3 Å². The number of methoxy groups -OCH3 is 1. The van der Waals surface area contributed by atoms with Crippen LogP contribution in [0.25, 0.3) is 11.1 Å². The Balaban J connectivity index is 1.30. The van der Waals surface area contributed by atoms with E-state index in [9.17, 15) is 19.8 Å². The first-order valence-electron chi connectivity index (χ1n) is 20.0. The van der Waals surface area contributed by atoms with Crippen LogP contribution in [0.5, 0.6) is 11.5 Å². The highest BCUT2D eigenvalue weighted by Gasteiger charge is 2.57. The third-order valence-electron chi connectivity index (χ3n) is 13.5. The number of hydroxylamine groups is 2. The topological polar surface area (TPSA) is 133 Å². The van der Waals surface area contributed by atoms with Crippen molar-refractivity contribution in [3.8, 4) is 22.6 Å². The highest BCUT2D eigenvalue weighted by atomic mass is 16.7. The fraction of sp³-hybridized carbons (Fsp3) is 0.674. The number of ether oxygens (including phenoxy) is 2. The normalized spacial score (nSPS) is 28.9. The summed E-state index contributed by atoms with van der Waals surface area (Å²) < 4.78 is 12.1. The smallest absolute Gasteiger partial charge is 0.255 e. The van der Waals surface area contributed by atoms with Gasteiger partial charge in [0.15, 0.2) is 0 Å². The maximum absolute atomic E-state index is 14.3. The van der Waals surface area contributed by atoms with E-state index in [-0.39, 0.29) is 48.5 Å². The van der Waals surface area contributed by atoms with Gasteiger partial charge in [-0.25, -0.2) is 0 Å². The number of likely N-dealkylation sites (N-methyl/N-ethyl adjacent to an activating group) is 1. The predicted molar refractivity (Wildman–Crippen MR) is 209 cm³/mol. The van der Waals surface area contributed by atoms with Crippen LogP contribution in [0.2, 0.25) is 0 Å². The lowest BCUT2D eigenvalue weighted by Gasteiger charge is -2.62. The maximum atomic E-state index is 14.3. The summed E-state index contributed by atoms with van der Waals surface area (Å²) in [5.41, 5.74) is 4.13. The molecule has 3 aliphatic carbocycles. The van der Waals surface area contributed by atoms with Crippen LogP contribution in [0, 0.1) is 35.0 Å². The van der Waals surface area contributed by atoms with E-state index in [1.54, 1.807) is 19.1 Å². The molecule has 5 aliphatic rings. The van der Waals surface area contributed by atoms with E-state index in [1.807, 2.05) is 38.4 Å². The summed E-state index contributed by atoms with van der Waals surface area (Å²) in [6.07, 6.45) is 2.02. The molecule has 54 heavy (non-hydrogen) atoms. The number of rotatable bonds is 14. The summed E-state index contributed by atoms with van der Waals surface area (Å²) >= 11 is 0. The molecule has 2 amide bonds. The number of nitrogens with one attached hydrogen (secondary N) is 2. The van der Waals surface area contributed by atoms with E-state index in [1.165, 1.54) is 6.42 Å². The third kappa shape index (κ3) is 7.63. The zero-order chi connectivity index (χ0) is 39.2. The molecule has 11 nitrogen and oxygen atoms in total. The molecule has 0 aromatic heterocycles. The number of carbonyl (C=O) groups excluding carboxylic acids is 2. The fourth-order valence-electron chi connectivity index (χ4n) is 9.95. The minimum Gasteiger partial charge on any atom is -0.496 e. The summed E-state index contributed by atoms with van der Waals surface area (Å²) in [4.78, 5) is 36.8. The molecule has 3 saturated carbocycles. The molecule has 4 N–H and O–H groups in total. The van der Waals surface area contributed by atoms with Crippen molar-refractivity contribution in [3.63, 3.8) is 0 Å².